The molecule has 11 heteroatoms. The van der Waals surface area contributed by atoms with Crippen LogP contribution in [0.3, 0.4) is 0 Å². The number of hydrogen-bond acceptors (Lipinski definition) is 8. The van der Waals surface area contributed by atoms with Crippen LogP contribution in [-0.2, 0) is 6.54 Å². The number of aromatic nitrogens is 2. The second-order valence-corrected chi connectivity index (χ2v) is 9.79. The molecule has 9 nitrogen and oxygen atoms in total. The number of nitrogens with two attached hydrogens (primary N) is 1. The number of carbonyl (C=O) groups excluding carboxylic acids is 1. The van der Waals surface area contributed by atoms with Gasteiger partial charge in [0.1, 0.15) is 5.82 Å². The normalized spacial score (nSPS) is 20.0. The molecule has 0 saturated carbocycles. The van der Waals surface area contributed by atoms with E-state index in [1.807, 2.05) is 12.1 Å². The van der Waals surface area contributed by atoms with E-state index in [2.05, 4.69) is 36.9 Å². The molecule has 1 aromatic carbocycles. The number of carbonyl (C=O) groups is 1. The van der Waals surface area contributed by atoms with Crippen LogP contribution in [0.1, 0.15) is 42.2 Å². The van der Waals surface area contributed by atoms with Gasteiger partial charge in [-0.25, -0.2) is 14.4 Å². The zero-order valence-corrected chi connectivity index (χ0v) is 21.4. The third-order valence-electron chi connectivity index (χ3n) is 7.12. The molecule has 2 saturated heterocycles. The van der Waals surface area contributed by atoms with E-state index in [0.717, 1.165) is 64.1 Å². The van der Waals surface area contributed by atoms with Gasteiger partial charge in [-0.2, -0.15) is 0 Å². The lowest BCUT2D eigenvalue weighted by Crippen LogP contribution is -2.58. The SMILES string of the molecule is CC[C@H]1CN(c2nc(N)c(C(=O)NCCO)nc2Cl)CCN1C1CCN(Cc2ccc(F)cc2)CC1. The van der Waals surface area contributed by atoms with Crippen molar-refractivity contribution in [3.8, 4) is 0 Å². The minimum atomic E-state index is -0.510. The number of piperidine rings is 1. The Kier molecular flexibility index (Phi) is 8.95. The summed E-state index contributed by atoms with van der Waals surface area (Å²) in [5, 5.41) is 11.6. The number of aliphatic hydroxyl groups is 1. The first kappa shape index (κ1) is 26.5. The van der Waals surface area contributed by atoms with Crippen molar-refractivity contribution in [2.45, 2.75) is 44.8 Å². The third-order valence-corrected chi connectivity index (χ3v) is 7.37. The molecule has 36 heavy (non-hydrogen) atoms. The molecule has 4 N–H and O–H groups in total. The van der Waals surface area contributed by atoms with E-state index in [9.17, 15) is 9.18 Å². The number of aliphatic hydroxyl groups excluding tert-OH is 1. The van der Waals surface area contributed by atoms with Gasteiger partial charge in [-0.3, -0.25) is 14.6 Å². The van der Waals surface area contributed by atoms with E-state index in [1.165, 1.54) is 12.1 Å². The first-order chi connectivity index (χ1) is 17.4. The van der Waals surface area contributed by atoms with Gasteiger partial charge in [-0.05, 0) is 50.0 Å². The highest BCUT2D eigenvalue weighted by Crippen LogP contribution is 2.30. The minimum absolute atomic E-state index is 0.0221. The quantitative estimate of drug-likeness (QED) is 0.486. The summed E-state index contributed by atoms with van der Waals surface area (Å²) in [4.78, 5) is 28.0. The van der Waals surface area contributed by atoms with Gasteiger partial charge in [0.25, 0.3) is 5.91 Å². The highest BCUT2D eigenvalue weighted by atomic mass is 35.5. The predicted octanol–water partition coefficient (Wildman–Crippen LogP) is 2.14. The average molecular weight is 520 g/mol. The van der Waals surface area contributed by atoms with Crippen LogP contribution >= 0.6 is 11.6 Å². The van der Waals surface area contributed by atoms with Gasteiger partial charge in [0.05, 0.1) is 6.61 Å². The molecule has 196 valence electrons. The number of anilines is 2. The van der Waals surface area contributed by atoms with Crippen LogP contribution in [0.2, 0.25) is 5.15 Å². The molecule has 0 unspecified atom stereocenters. The maximum absolute atomic E-state index is 13.2. The fraction of sp³-hybridized carbons (Fsp3) is 0.560. The summed E-state index contributed by atoms with van der Waals surface area (Å²) < 4.78 is 13.2. The number of nitrogens with one attached hydrogen (secondary N) is 1. The molecule has 2 aliphatic rings. The summed E-state index contributed by atoms with van der Waals surface area (Å²) in [6.45, 7) is 7.40. The molecule has 4 rings (SSSR count). The summed E-state index contributed by atoms with van der Waals surface area (Å²) in [5.41, 5.74) is 7.15. The second-order valence-electron chi connectivity index (χ2n) is 9.43. The van der Waals surface area contributed by atoms with E-state index in [1.54, 1.807) is 0 Å². The largest absolute Gasteiger partial charge is 0.395 e. The summed E-state index contributed by atoms with van der Waals surface area (Å²) in [6.07, 6.45) is 3.19. The van der Waals surface area contributed by atoms with Crippen molar-refractivity contribution in [1.82, 2.24) is 25.1 Å². The van der Waals surface area contributed by atoms with Crippen LogP contribution in [0.4, 0.5) is 16.0 Å². The topological polar surface area (TPSA) is 111 Å². The monoisotopic (exact) mass is 519 g/mol. The number of nitrogens with zero attached hydrogens (tertiary/aromatic N) is 5. The second kappa shape index (κ2) is 12.1. The summed E-state index contributed by atoms with van der Waals surface area (Å²) in [5.74, 6) is -0.185. The molecule has 1 aromatic heterocycles. The standard InChI is InChI=1S/C25H35ClFN7O2/c1-2-19-16-33(24-22(26)30-21(23(28)31-24)25(36)29-9-14-35)12-13-34(19)20-7-10-32(11-8-20)15-17-3-5-18(27)6-4-17/h3-6,19-20,35H,2,7-16H2,1H3,(H2,28,31)(H,29,36)/t19-/m0/s1. The van der Waals surface area contributed by atoms with Crippen LogP contribution in [0.15, 0.2) is 24.3 Å². The highest BCUT2D eigenvalue weighted by molar-refractivity contribution is 6.32. The third kappa shape index (κ3) is 6.23. The Hall–Kier alpha value is -2.53. The molecule has 0 spiro atoms. The zero-order valence-electron chi connectivity index (χ0n) is 20.7. The van der Waals surface area contributed by atoms with Crippen molar-refractivity contribution in [3.05, 3.63) is 46.5 Å². The Morgan fingerprint density at radius 2 is 1.92 bits per heavy atom. The molecule has 2 fully saturated rings. The number of likely N-dealkylation sites (tertiary alicyclic amines) is 1. The number of hydrogen-bond donors (Lipinski definition) is 3. The van der Waals surface area contributed by atoms with E-state index < -0.39 is 5.91 Å². The van der Waals surface area contributed by atoms with Crippen LogP contribution in [0, 0.1) is 5.82 Å². The lowest BCUT2D eigenvalue weighted by atomic mass is 9.98. The van der Waals surface area contributed by atoms with Gasteiger partial charge >= 0.3 is 0 Å². The number of nitrogen functional groups attached to an aromatic ring is 1. The van der Waals surface area contributed by atoms with Crippen LogP contribution in [0.25, 0.3) is 0 Å². The summed E-state index contributed by atoms with van der Waals surface area (Å²) in [6, 6.07) is 7.64. The van der Waals surface area contributed by atoms with Gasteiger partial charge in [0.15, 0.2) is 22.5 Å². The lowest BCUT2D eigenvalue weighted by molar-refractivity contribution is 0.0610. The Balaban J connectivity index is 1.35. The van der Waals surface area contributed by atoms with Crippen LogP contribution in [-0.4, -0.2) is 88.7 Å². The number of benzene rings is 1. The Morgan fingerprint density at radius 1 is 1.19 bits per heavy atom. The lowest BCUT2D eigenvalue weighted by Gasteiger charge is -2.47. The molecule has 1 amide bonds. The number of rotatable bonds is 8. The average Bonchev–Trinajstić information content (AvgIpc) is 2.89. The maximum atomic E-state index is 13.2. The van der Waals surface area contributed by atoms with E-state index in [-0.39, 0.29) is 35.6 Å². The molecule has 1 atom stereocenters. The Labute approximate surface area is 216 Å². The number of piperazine rings is 1. The minimum Gasteiger partial charge on any atom is -0.395 e. The molecule has 0 bridgehead atoms. The first-order valence-corrected chi connectivity index (χ1v) is 13.0. The van der Waals surface area contributed by atoms with Crippen molar-refractivity contribution in [3.63, 3.8) is 0 Å². The Bertz CT molecular complexity index is 1030. The van der Waals surface area contributed by atoms with Gasteiger partial charge in [0.2, 0.25) is 0 Å². The van der Waals surface area contributed by atoms with Crippen LogP contribution in [0.5, 0.6) is 0 Å². The number of amides is 1. The maximum Gasteiger partial charge on any atom is 0.273 e. The summed E-state index contributed by atoms with van der Waals surface area (Å²) in [7, 11) is 0. The van der Waals surface area contributed by atoms with E-state index in [0.29, 0.717) is 17.9 Å². The van der Waals surface area contributed by atoms with Crippen molar-refractivity contribution >= 4 is 29.1 Å². The molecular formula is C25H35ClFN7O2. The van der Waals surface area contributed by atoms with Crippen LogP contribution < -0.4 is 16.0 Å². The van der Waals surface area contributed by atoms with Gasteiger partial charge < -0.3 is 21.1 Å². The molecule has 2 aromatic rings. The van der Waals surface area contributed by atoms with Crippen molar-refractivity contribution in [1.29, 1.82) is 0 Å². The zero-order chi connectivity index (χ0) is 25.7. The van der Waals surface area contributed by atoms with Gasteiger partial charge in [0, 0.05) is 44.8 Å². The van der Waals surface area contributed by atoms with Gasteiger partial charge in [-0.1, -0.05) is 30.7 Å². The molecule has 2 aliphatic heterocycles. The molecule has 0 radical (unpaired) electrons. The van der Waals surface area contributed by atoms with Crippen molar-refractivity contribution < 1.29 is 14.3 Å². The fourth-order valence-corrected chi connectivity index (χ4v) is 5.45. The van der Waals surface area contributed by atoms with E-state index >= 15 is 0 Å². The summed E-state index contributed by atoms with van der Waals surface area (Å²) >= 11 is 6.44. The highest BCUT2D eigenvalue weighted by Gasteiger charge is 2.34. The van der Waals surface area contributed by atoms with Gasteiger partial charge in [-0.15, -0.1) is 0 Å². The van der Waals surface area contributed by atoms with Crippen molar-refractivity contribution in [2.24, 2.45) is 0 Å². The molecule has 3 heterocycles. The Morgan fingerprint density at radius 3 is 2.58 bits per heavy atom. The molecule has 0 aliphatic carbocycles. The van der Waals surface area contributed by atoms with Crippen molar-refractivity contribution in [2.75, 3.05) is 56.5 Å². The fourth-order valence-electron chi connectivity index (χ4n) is 5.20. The smallest absolute Gasteiger partial charge is 0.273 e. The predicted molar refractivity (Wildman–Crippen MR) is 139 cm³/mol. The molecular weight excluding hydrogens is 485 g/mol. The van der Waals surface area contributed by atoms with E-state index in [4.69, 9.17) is 22.4 Å². The number of halogens is 2. The first-order valence-electron chi connectivity index (χ1n) is 12.6.